The van der Waals surface area contributed by atoms with Gasteiger partial charge in [0, 0.05) is 52.0 Å². The Labute approximate surface area is 353 Å². The molecule has 0 aromatic heterocycles. The Bertz CT molecular complexity index is 1540. The second kappa shape index (κ2) is 22.9. The summed E-state index contributed by atoms with van der Waals surface area (Å²) in [6, 6.07) is 8.45. The van der Waals surface area contributed by atoms with E-state index in [0.29, 0.717) is 11.5 Å². The predicted molar refractivity (Wildman–Crippen MR) is 237 cm³/mol. The van der Waals surface area contributed by atoms with Crippen molar-refractivity contribution in [3.63, 3.8) is 0 Å². The van der Waals surface area contributed by atoms with Crippen molar-refractivity contribution in [1.29, 1.82) is 0 Å². The Balaban J connectivity index is 0. The van der Waals surface area contributed by atoms with Gasteiger partial charge in [0.05, 0.1) is 38.3 Å². The zero-order chi connectivity index (χ0) is 41.9. The van der Waals surface area contributed by atoms with Gasteiger partial charge in [-0.3, -0.25) is 9.98 Å². The van der Waals surface area contributed by atoms with Crippen LogP contribution in [0.2, 0.25) is 0 Å². The number of hydrogen-bond acceptors (Lipinski definition) is 5. The van der Waals surface area contributed by atoms with Crippen LogP contribution in [-0.2, 0) is 39.0 Å². The van der Waals surface area contributed by atoms with Crippen molar-refractivity contribution < 1.29 is 47.1 Å². The molecule has 320 valence electrons. The molecule has 0 fully saturated rings. The van der Waals surface area contributed by atoms with Gasteiger partial charge < -0.3 is 24.9 Å². The molecule has 0 radical (unpaired) electrons. The minimum absolute atomic E-state index is 0. The first-order valence-electron chi connectivity index (χ1n) is 20.3. The van der Waals surface area contributed by atoms with Crippen molar-refractivity contribution in [3.05, 3.63) is 57.6 Å². The first-order valence-corrected chi connectivity index (χ1v) is 20.3. The van der Waals surface area contributed by atoms with E-state index < -0.39 is 6.16 Å². The molecule has 2 aromatic carbocycles. The number of phenols is 2. The first-order chi connectivity index (χ1) is 24.7. The molecule has 2 aromatic rings. The van der Waals surface area contributed by atoms with Crippen LogP contribution in [0.4, 0.5) is 4.79 Å². The summed E-state index contributed by atoms with van der Waals surface area (Å²) in [6.07, 6.45) is 7.01. The number of unbranched alkanes of at least 4 members (excludes halogenated alkanes) is 1. The molecular weight excluding hydrogens is 739 g/mol. The van der Waals surface area contributed by atoms with Crippen molar-refractivity contribution in [3.8, 4) is 11.5 Å². The van der Waals surface area contributed by atoms with Crippen LogP contribution in [0, 0.1) is 0 Å². The van der Waals surface area contributed by atoms with Crippen LogP contribution in [0.15, 0.2) is 34.3 Å². The van der Waals surface area contributed by atoms with Crippen molar-refractivity contribution in [1.82, 2.24) is 0 Å². The van der Waals surface area contributed by atoms with Crippen LogP contribution in [0.25, 0.3) is 0 Å². The third-order valence-electron chi connectivity index (χ3n) is 10.9. The van der Waals surface area contributed by atoms with Gasteiger partial charge in [-0.05, 0) is 85.0 Å². The van der Waals surface area contributed by atoms with Crippen molar-refractivity contribution in [2.75, 3.05) is 26.2 Å². The van der Waals surface area contributed by atoms with Crippen molar-refractivity contribution in [2.24, 2.45) is 9.98 Å². The number of carbonyl (C=O) groups is 1. The fourth-order valence-corrected chi connectivity index (χ4v) is 6.80. The SMILES string of the molecule is C.CCCCC(N=Cc1cc(C(C)(C)C)cc(C(C)(C)C)c1O)C(CCC[N+](CC)(CC)CC)N=Cc1cc(C(C)(C)C)cc(C(C)(C)C)c1O.O=C(O)O.[Cr]. The van der Waals surface area contributed by atoms with Gasteiger partial charge in [0.1, 0.15) is 11.5 Å². The van der Waals surface area contributed by atoms with Gasteiger partial charge in [0.15, 0.2) is 0 Å². The van der Waals surface area contributed by atoms with E-state index in [9.17, 15) is 10.2 Å². The van der Waals surface area contributed by atoms with Gasteiger partial charge in [-0.2, -0.15) is 0 Å². The zero-order valence-electron chi connectivity index (χ0n) is 37.4. The molecule has 0 saturated heterocycles. The maximum atomic E-state index is 11.6. The van der Waals surface area contributed by atoms with Gasteiger partial charge >= 0.3 is 6.16 Å². The van der Waals surface area contributed by atoms with E-state index in [1.165, 1.54) is 11.1 Å². The molecule has 2 atom stereocenters. The maximum Gasteiger partial charge on any atom is 0.503 e. The monoisotopic (exact) mass is 821 g/mol. The number of carboxylic acid groups (broad SMARTS) is 2. The van der Waals surface area contributed by atoms with Crippen LogP contribution >= 0.6 is 0 Å². The van der Waals surface area contributed by atoms with E-state index in [2.05, 4.69) is 135 Å². The molecule has 0 bridgehead atoms. The van der Waals surface area contributed by atoms with E-state index >= 15 is 0 Å². The van der Waals surface area contributed by atoms with Gasteiger partial charge in [-0.15, -0.1) is 0 Å². The van der Waals surface area contributed by atoms with Crippen LogP contribution in [0.1, 0.15) is 184 Å². The fraction of sp³-hybridized carbons (Fsp3) is 0.681. The zero-order valence-corrected chi connectivity index (χ0v) is 38.7. The summed E-state index contributed by atoms with van der Waals surface area (Å²) in [4.78, 5) is 19.2. The molecule has 0 spiro atoms. The number of phenolic OH excluding ortho intramolecular Hbond substituents is 2. The number of hydrogen-bond donors (Lipinski definition) is 4. The summed E-state index contributed by atoms with van der Waals surface area (Å²) in [7, 11) is 0. The Morgan fingerprint density at radius 1 is 0.625 bits per heavy atom. The standard InChI is InChI=1S/C45H75N3O2.CH2O3.CH4.Cr/c1-17-21-23-38(46-30-32-26-34(42(5,6)7)28-36(40(32)49)44(11,12)13)39(24-22-25-48(18-2,19-3)20-4)47-31-33-27-35(43(8,9)10)29-37(41(33)50)45(14,15)16;2-1(3)4;;/h26-31,38-39H,17-25H2,1-16H3,(H-,46,47,49,50);(H2,2,3,4);1H4;/p+1. The van der Waals surface area contributed by atoms with Crippen LogP contribution < -0.4 is 0 Å². The first kappa shape index (κ1) is 55.2. The van der Waals surface area contributed by atoms with Gasteiger partial charge in [0.25, 0.3) is 0 Å². The third kappa shape index (κ3) is 16.9. The second-order valence-electron chi connectivity index (χ2n) is 19.2. The molecular formula is C47H82CrN3O5+. The average molecular weight is 821 g/mol. The summed E-state index contributed by atoms with van der Waals surface area (Å²) in [5.41, 5.74) is 5.28. The molecule has 56 heavy (non-hydrogen) atoms. The molecule has 4 N–H and O–H groups in total. The molecule has 0 amide bonds. The van der Waals surface area contributed by atoms with Gasteiger partial charge in [0.2, 0.25) is 0 Å². The van der Waals surface area contributed by atoms with Crippen molar-refractivity contribution >= 4 is 18.6 Å². The molecule has 0 aliphatic heterocycles. The minimum atomic E-state index is -1.83. The molecule has 9 heteroatoms. The summed E-state index contributed by atoms with van der Waals surface area (Å²) >= 11 is 0. The van der Waals surface area contributed by atoms with Gasteiger partial charge in [-0.25, -0.2) is 4.79 Å². The fourth-order valence-electron chi connectivity index (χ4n) is 6.80. The van der Waals surface area contributed by atoms with E-state index in [0.717, 1.165) is 85.0 Å². The molecule has 0 aliphatic carbocycles. The third-order valence-corrected chi connectivity index (χ3v) is 10.9. The number of aromatic hydroxyl groups is 2. The predicted octanol–water partition coefficient (Wildman–Crippen LogP) is 12.3. The van der Waals surface area contributed by atoms with Crippen LogP contribution in [0.3, 0.4) is 0 Å². The molecule has 0 aliphatic rings. The summed E-state index contributed by atoms with van der Waals surface area (Å²) in [6.45, 7) is 39.9. The molecule has 2 unspecified atom stereocenters. The summed E-state index contributed by atoms with van der Waals surface area (Å²) < 4.78 is 1.10. The van der Waals surface area contributed by atoms with E-state index in [1.807, 2.05) is 12.4 Å². The quantitative estimate of drug-likeness (QED) is 0.105. The number of quaternary nitrogens is 1. The van der Waals surface area contributed by atoms with Gasteiger partial charge in [-0.1, -0.05) is 122 Å². The Morgan fingerprint density at radius 2 is 0.946 bits per heavy atom. The Kier molecular flexibility index (Phi) is 22.6. The largest absolute Gasteiger partial charge is 0.507 e. The maximum absolute atomic E-state index is 11.6. The second-order valence-corrected chi connectivity index (χ2v) is 19.2. The molecule has 2 rings (SSSR count). The van der Waals surface area contributed by atoms with E-state index in [-0.39, 0.29) is 58.5 Å². The van der Waals surface area contributed by atoms with E-state index in [1.54, 1.807) is 0 Å². The smallest absolute Gasteiger partial charge is 0.503 e. The Hall–Kier alpha value is -2.86. The van der Waals surface area contributed by atoms with Crippen molar-refractivity contribution in [2.45, 2.75) is 184 Å². The summed E-state index contributed by atoms with van der Waals surface area (Å²) in [5.74, 6) is 0.636. The normalized spacial score (nSPS) is 13.8. The number of benzene rings is 2. The van der Waals surface area contributed by atoms with E-state index in [4.69, 9.17) is 25.0 Å². The topological polar surface area (TPSA) is 123 Å². The van der Waals surface area contributed by atoms with Crippen LogP contribution in [0.5, 0.6) is 11.5 Å². The number of aliphatic imine (C=N–C) groups is 2. The summed E-state index contributed by atoms with van der Waals surface area (Å²) in [5, 5.41) is 37.1. The molecule has 8 nitrogen and oxygen atoms in total. The number of rotatable bonds is 15. The Morgan fingerprint density at radius 3 is 1.21 bits per heavy atom. The molecule has 0 saturated carbocycles. The number of nitrogens with zero attached hydrogens (tertiary/aromatic N) is 3. The minimum Gasteiger partial charge on any atom is -0.507 e. The average Bonchev–Trinajstić information content (AvgIpc) is 3.03. The van der Waals surface area contributed by atoms with Crippen LogP contribution in [-0.4, -0.2) is 81.8 Å². The molecule has 0 heterocycles.